The van der Waals surface area contributed by atoms with E-state index in [4.69, 9.17) is 0 Å². The maximum atomic E-state index is 2.50. The lowest BCUT2D eigenvalue weighted by molar-refractivity contribution is 0.768. The molecule has 12 aromatic rings. The van der Waals surface area contributed by atoms with Crippen LogP contribution in [-0.4, -0.2) is 0 Å². The summed E-state index contributed by atoms with van der Waals surface area (Å²) < 4.78 is 2.62. The van der Waals surface area contributed by atoms with Gasteiger partial charge in [0.25, 0.3) is 0 Å². The first-order valence-corrected chi connectivity index (χ1v) is 24.4. The molecule has 2 aliphatic carbocycles. The molecule has 68 heavy (non-hydrogen) atoms. The number of para-hydroxylation sites is 1. The molecule has 1 unspecified atom stereocenters. The minimum atomic E-state index is -0.590. The maximum absolute atomic E-state index is 2.50. The fourth-order valence-corrected chi connectivity index (χ4v) is 13.4. The number of rotatable bonds is 7. The van der Waals surface area contributed by atoms with Crippen LogP contribution in [0.4, 0.5) is 17.1 Å². The fourth-order valence-electron chi connectivity index (χ4n) is 12.3. The van der Waals surface area contributed by atoms with E-state index in [1.165, 1.54) is 97.7 Å². The molecule has 0 fully saturated rings. The molecule has 2 aliphatic rings. The molecule has 14 rings (SSSR count). The minimum Gasteiger partial charge on any atom is -0.310 e. The Morgan fingerprint density at radius 2 is 0.750 bits per heavy atom. The molecule has 1 heterocycles. The van der Waals surface area contributed by atoms with Gasteiger partial charge in [-0.1, -0.05) is 212 Å². The zero-order valence-electron chi connectivity index (χ0n) is 37.2. The van der Waals surface area contributed by atoms with Crippen molar-refractivity contribution in [3.8, 4) is 22.3 Å². The van der Waals surface area contributed by atoms with Crippen LogP contribution in [0.25, 0.3) is 53.2 Å². The summed E-state index contributed by atoms with van der Waals surface area (Å²) in [5, 5.41) is 5.24. The van der Waals surface area contributed by atoms with Crippen LogP contribution in [0, 0.1) is 0 Å². The lowest BCUT2D eigenvalue weighted by atomic mass is 9.67. The van der Waals surface area contributed by atoms with Gasteiger partial charge in [-0.3, -0.25) is 0 Å². The summed E-state index contributed by atoms with van der Waals surface area (Å²) in [5.74, 6) is 0. The smallest absolute Gasteiger partial charge is 0.0714 e. The highest BCUT2D eigenvalue weighted by Crippen LogP contribution is 2.60. The maximum Gasteiger partial charge on any atom is 0.0714 e. The van der Waals surface area contributed by atoms with Crippen molar-refractivity contribution < 1.29 is 0 Å². The van der Waals surface area contributed by atoms with Crippen LogP contribution < -0.4 is 4.90 Å². The molecular formula is C66H43NS. The van der Waals surface area contributed by atoms with Crippen LogP contribution in [0.1, 0.15) is 44.5 Å². The number of nitrogens with zero attached hydrogens (tertiary/aromatic N) is 1. The Balaban J connectivity index is 1.02. The molecule has 0 N–H and O–H groups in total. The van der Waals surface area contributed by atoms with Gasteiger partial charge in [0.15, 0.2) is 0 Å². The molecule has 11 aromatic carbocycles. The lowest BCUT2D eigenvalue weighted by Crippen LogP contribution is -2.29. The predicted molar refractivity (Wildman–Crippen MR) is 286 cm³/mol. The molecule has 2 heteroatoms. The Hall–Kier alpha value is -8.30. The van der Waals surface area contributed by atoms with Crippen LogP contribution in [0.2, 0.25) is 0 Å². The number of fused-ring (bicyclic) bond motifs is 11. The van der Waals surface area contributed by atoms with Gasteiger partial charge in [-0.05, 0) is 126 Å². The summed E-state index contributed by atoms with van der Waals surface area (Å²) in [7, 11) is 0. The van der Waals surface area contributed by atoms with E-state index in [1.807, 2.05) is 11.3 Å². The van der Waals surface area contributed by atoms with Crippen LogP contribution in [0.5, 0.6) is 0 Å². The Bertz CT molecular complexity index is 3870. The van der Waals surface area contributed by atoms with Gasteiger partial charge in [-0.15, -0.1) is 11.3 Å². The Morgan fingerprint density at radius 3 is 1.32 bits per heavy atom. The van der Waals surface area contributed by atoms with Gasteiger partial charge in [0.2, 0.25) is 0 Å². The van der Waals surface area contributed by atoms with E-state index < -0.39 is 10.8 Å². The number of benzene rings is 11. The van der Waals surface area contributed by atoms with Gasteiger partial charge in [-0.25, -0.2) is 0 Å². The summed E-state index contributed by atoms with van der Waals surface area (Å²) in [4.78, 5) is 2.48. The Morgan fingerprint density at radius 1 is 0.279 bits per heavy atom. The molecule has 0 bridgehead atoms. The summed E-state index contributed by atoms with van der Waals surface area (Å²) in [6.45, 7) is 0. The monoisotopic (exact) mass is 881 g/mol. The second-order valence-corrected chi connectivity index (χ2v) is 19.4. The van der Waals surface area contributed by atoms with Gasteiger partial charge in [0.1, 0.15) is 0 Å². The summed E-state index contributed by atoms with van der Waals surface area (Å²) >= 11 is 1.90. The van der Waals surface area contributed by atoms with E-state index in [9.17, 15) is 0 Å². The molecule has 1 aromatic heterocycles. The van der Waals surface area contributed by atoms with Crippen molar-refractivity contribution in [3.63, 3.8) is 0 Å². The number of hydrogen-bond acceptors (Lipinski definition) is 2. The fraction of sp³-hybridized carbons (Fsp3) is 0.0303. The van der Waals surface area contributed by atoms with Gasteiger partial charge < -0.3 is 4.90 Å². The highest BCUT2D eigenvalue weighted by Gasteiger charge is 2.48. The highest BCUT2D eigenvalue weighted by molar-refractivity contribution is 7.26. The quantitative estimate of drug-likeness (QED) is 0.154. The molecule has 1 nitrogen and oxygen atoms in total. The summed E-state index contributed by atoms with van der Waals surface area (Å²) in [6, 6.07) is 97.6. The highest BCUT2D eigenvalue weighted by atomic mass is 32.1. The predicted octanol–water partition coefficient (Wildman–Crippen LogP) is 17.4. The lowest BCUT2D eigenvalue weighted by Gasteiger charge is -2.36. The van der Waals surface area contributed by atoms with Crippen molar-refractivity contribution >= 4 is 59.3 Å². The molecule has 0 amide bonds. The first kappa shape index (κ1) is 38.9. The van der Waals surface area contributed by atoms with Crippen molar-refractivity contribution in [3.05, 3.63) is 305 Å². The topological polar surface area (TPSA) is 3.24 Å². The first-order valence-electron chi connectivity index (χ1n) is 23.6. The SMILES string of the molecule is c1ccc(N(c2ccc3c(c2)C(c2ccccc2)(c2ccccc2)c2ccccc2-3)c2ccc3c(c2)C(c2ccccc2)(c2ccc4c(c2)sc2ccc5ccccc5c24)c2ccccc2-3)cc1. The Labute approximate surface area is 400 Å². The van der Waals surface area contributed by atoms with E-state index >= 15 is 0 Å². The van der Waals surface area contributed by atoms with Crippen molar-refractivity contribution in [2.45, 2.75) is 10.8 Å². The van der Waals surface area contributed by atoms with E-state index in [-0.39, 0.29) is 0 Å². The largest absolute Gasteiger partial charge is 0.310 e. The van der Waals surface area contributed by atoms with E-state index in [1.54, 1.807) is 0 Å². The average molecular weight is 882 g/mol. The van der Waals surface area contributed by atoms with Crippen molar-refractivity contribution in [2.75, 3.05) is 4.90 Å². The van der Waals surface area contributed by atoms with Crippen molar-refractivity contribution in [1.82, 2.24) is 0 Å². The Kier molecular flexibility index (Phi) is 8.65. The van der Waals surface area contributed by atoms with Gasteiger partial charge in [0.05, 0.1) is 10.8 Å². The molecule has 0 saturated carbocycles. The second kappa shape index (κ2) is 15.1. The molecule has 0 saturated heterocycles. The normalized spacial score (nSPS) is 15.2. The molecule has 0 aliphatic heterocycles. The van der Waals surface area contributed by atoms with Gasteiger partial charge >= 0.3 is 0 Å². The number of anilines is 3. The van der Waals surface area contributed by atoms with E-state index in [2.05, 4.69) is 266 Å². The molecule has 0 radical (unpaired) electrons. The van der Waals surface area contributed by atoms with Gasteiger partial charge in [0, 0.05) is 37.2 Å². The third-order valence-corrected chi connectivity index (χ3v) is 16.1. The third kappa shape index (κ3) is 5.44. The third-order valence-electron chi connectivity index (χ3n) is 15.0. The average Bonchev–Trinajstić information content (AvgIpc) is 4.04. The molecular weight excluding hydrogens is 839 g/mol. The number of thiophene rings is 1. The van der Waals surface area contributed by atoms with Crippen molar-refractivity contribution in [2.24, 2.45) is 0 Å². The molecule has 0 spiro atoms. The van der Waals surface area contributed by atoms with Crippen LogP contribution in [0.15, 0.2) is 261 Å². The minimum absolute atomic E-state index is 0.521. The molecule has 318 valence electrons. The summed E-state index contributed by atoms with van der Waals surface area (Å²) in [6.07, 6.45) is 0. The zero-order chi connectivity index (χ0) is 44.8. The van der Waals surface area contributed by atoms with Crippen molar-refractivity contribution in [1.29, 1.82) is 0 Å². The van der Waals surface area contributed by atoms with E-state index in [0.717, 1.165) is 17.1 Å². The van der Waals surface area contributed by atoms with Crippen LogP contribution in [-0.2, 0) is 10.8 Å². The van der Waals surface area contributed by atoms with E-state index in [0.29, 0.717) is 0 Å². The second-order valence-electron chi connectivity index (χ2n) is 18.3. The first-order chi connectivity index (χ1) is 33.7. The zero-order valence-corrected chi connectivity index (χ0v) is 38.0. The summed E-state index contributed by atoms with van der Waals surface area (Å²) in [5.41, 5.74) is 17.5. The molecule has 1 atom stereocenters. The van der Waals surface area contributed by atoms with Crippen LogP contribution >= 0.6 is 11.3 Å². The van der Waals surface area contributed by atoms with Gasteiger partial charge in [-0.2, -0.15) is 0 Å². The standard InChI is InChI=1S/C66H43NS/c1-5-20-45(21-6-1)65(46-22-7-2-8-23-46)58-31-17-15-29-53(58)55-38-35-50(42-60(55)65)67(49-26-11-4-12-27-49)51-36-39-56-54-30-16-18-32-59(54)66(61(56)43-51,47-24-9-3-10-25-47)48-34-37-57-63(41-48)68-62-40-33-44-19-13-14-28-52(44)64(57)62/h1-43H. The number of hydrogen-bond donors (Lipinski definition) is 0. The van der Waals surface area contributed by atoms with Crippen LogP contribution in [0.3, 0.4) is 0 Å².